The van der Waals surface area contributed by atoms with Crippen molar-refractivity contribution >= 4 is 12.4 Å². The van der Waals surface area contributed by atoms with Gasteiger partial charge in [-0.2, -0.15) is 5.10 Å². The average Bonchev–Trinajstić information content (AvgIpc) is 3.19. The van der Waals surface area contributed by atoms with Crippen LogP contribution < -0.4 is 5.73 Å². The van der Waals surface area contributed by atoms with Crippen LogP contribution in [-0.2, 0) is 13.6 Å². The molecule has 0 saturated carbocycles. The Morgan fingerprint density at radius 2 is 1.65 bits per heavy atom. The lowest BCUT2D eigenvalue weighted by Crippen LogP contribution is -2.28. The molecule has 1 aliphatic heterocycles. The third kappa shape index (κ3) is 3.83. The molecule has 26 heavy (non-hydrogen) atoms. The van der Waals surface area contributed by atoms with Gasteiger partial charge in [-0.15, -0.1) is 12.4 Å². The van der Waals surface area contributed by atoms with Crippen molar-refractivity contribution in [2.45, 2.75) is 18.5 Å². The molecule has 136 valence electrons. The van der Waals surface area contributed by atoms with E-state index in [4.69, 9.17) is 5.73 Å². The van der Waals surface area contributed by atoms with Crippen molar-refractivity contribution in [2.75, 3.05) is 13.1 Å². The van der Waals surface area contributed by atoms with Gasteiger partial charge in [0.1, 0.15) is 0 Å². The molecule has 0 unspecified atom stereocenters. The number of halogens is 1. The number of aryl methyl sites for hydroxylation is 1. The fraction of sp³-hybridized carbons (Fsp3) is 0.286. The van der Waals surface area contributed by atoms with Crippen molar-refractivity contribution in [1.82, 2.24) is 14.7 Å². The first kappa shape index (κ1) is 18.6. The largest absolute Gasteiger partial charge is 0.326 e. The summed E-state index contributed by atoms with van der Waals surface area (Å²) >= 11 is 0. The van der Waals surface area contributed by atoms with E-state index in [1.807, 2.05) is 17.8 Å². The number of nitrogens with two attached hydrogens (primary N) is 1. The third-order valence-electron chi connectivity index (χ3n) is 5.01. The number of benzene rings is 2. The van der Waals surface area contributed by atoms with E-state index in [0.29, 0.717) is 5.92 Å². The lowest BCUT2D eigenvalue weighted by atomic mass is 9.95. The number of rotatable bonds is 4. The molecule has 0 bridgehead atoms. The molecule has 2 heterocycles. The van der Waals surface area contributed by atoms with Gasteiger partial charge in [-0.05, 0) is 5.56 Å². The van der Waals surface area contributed by atoms with Gasteiger partial charge in [0.25, 0.3) is 0 Å². The highest BCUT2D eigenvalue weighted by molar-refractivity contribution is 5.85. The van der Waals surface area contributed by atoms with Crippen LogP contribution in [0.25, 0.3) is 11.3 Å². The van der Waals surface area contributed by atoms with Crippen LogP contribution in [0.5, 0.6) is 0 Å². The van der Waals surface area contributed by atoms with Crippen molar-refractivity contribution < 1.29 is 0 Å². The maximum Gasteiger partial charge on any atom is 0.0968 e. The molecule has 1 aliphatic rings. The molecular weight excluding hydrogens is 344 g/mol. The summed E-state index contributed by atoms with van der Waals surface area (Å²) in [5.74, 6) is 0.401. The van der Waals surface area contributed by atoms with Gasteiger partial charge in [0.2, 0.25) is 0 Å². The molecule has 2 aromatic carbocycles. The number of nitrogens with zero attached hydrogens (tertiary/aromatic N) is 3. The quantitative estimate of drug-likeness (QED) is 0.767. The predicted molar refractivity (Wildman–Crippen MR) is 108 cm³/mol. The summed E-state index contributed by atoms with van der Waals surface area (Å²) in [7, 11) is 1.98. The second-order valence-corrected chi connectivity index (χ2v) is 6.92. The summed E-state index contributed by atoms with van der Waals surface area (Å²) in [4.78, 5) is 2.45. The Balaban J connectivity index is 0.00000196. The smallest absolute Gasteiger partial charge is 0.0968 e. The Morgan fingerprint density at radius 3 is 2.35 bits per heavy atom. The highest BCUT2D eigenvalue weighted by atomic mass is 35.5. The minimum Gasteiger partial charge on any atom is -0.326 e. The van der Waals surface area contributed by atoms with Gasteiger partial charge in [0.15, 0.2) is 0 Å². The summed E-state index contributed by atoms with van der Waals surface area (Å²) in [6.45, 7) is 2.80. The number of hydrogen-bond acceptors (Lipinski definition) is 3. The summed E-state index contributed by atoms with van der Waals surface area (Å²) in [5.41, 5.74) is 11.3. The molecule has 5 heteroatoms. The summed E-state index contributed by atoms with van der Waals surface area (Å²) in [5, 5.41) is 4.68. The van der Waals surface area contributed by atoms with Crippen molar-refractivity contribution in [3.05, 3.63) is 78.0 Å². The predicted octanol–water partition coefficient (Wildman–Crippen LogP) is 3.44. The Morgan fingerprint density at radius 1 is 1.00 bits per heavy atom. The average molecular weight is 369 g/mol. The number of likely N-dealkylation sites (tertiary alicyclic amines) is 1. The highest BCUT2D eigenvalue weighted by Gasteiger charge is 2.31. The Bertz CT molecular complexity index is 832. The minimum absolute atomic E-state index is 0. The Hall–Kier alpha value is -2.14. The van der Waals surface area contributed by atoms with Crippen LogP contribution in [-0.4, -0.2) is 33.8 Å². The van der Waals surface area contributed by atoms with Crippen LogP contribution in [0.4, 0.5) is 0 Å². The van der Waals surface area contributed by atoms with Crippen molar-refractivity contribution in [3.8, 4) is 11.3 Å². The number of hydrogen-bond donors (Lipinski definition) is 1. The number of aromatic nitrogens is 2. The van der Waals surface area contributed by atoms with Crippen molar-refractivity contribution in [3.63, 3.8) is 0 Å². The molecule has 1 saturated heterocycles. The Kier molecular flexibility index (Phi) is 5.77. The van der Waals surface area contributed by atoms with Crippen molar-refractivity contribution in [2.24, 2.45) is 12.8 Å². The van der Waals surface area contributed by atoms with Gasteiger partial charge in [-0.25, -0.2) is 0 Å². The van der Waals surface area contributed by atoms with Gasteiger partial charge in [0.05, 0.1) is 5.69 Å². The fourth-order valence-corrected chi connectivity index (χ4v) is 3.83. The molecule has 3 aromatic rings. The van der Waals surface area contributed by atoms with E-state index in [2.05, 4.69) is 70.8 Å². The van der Waals surface area contributed by atoms with E-state index < -0.39 is 0 Å². The monoisotopic (exact) mass is 368 g/mol. The normalized spacial score (nSPS) is 20.1. The van der Waals surface area contributed by atoms with Gasteiger partial charge in [-0.3, -0.25) is 9.58 Å². The van der Waals surface area contributed by atoms with Crippen LogP contribution in [0.15, 0.2) is 66.9 Å². The standard InChI is InChI=1S/C21H24N4.ClH/c1-24-12-18(21(23-24)17-10-6-3-7-11-17)13-25-14-19(20(22)15-25)16-8-4-2-5-9-16;/h2-12,19-20H,13-15,22H2,1H3;1H/t19-,20+;/m0./s1. The molecule has 4 nitrogen and oxygen atoms in total. The molecule has 0 spiro atoms. The molecule has 0 radical (unpaired) electrons. The zero-order valence-electron chi connectivity index (χ0n) is 15.0. The van der Waals surface area contributed by atoms with E-state index in [1.165, 1.54) is 16.7 Å². The maximum atomic E-state index is 6.45. The second-order valence-electron chi connectivity index (χ2n) is 6.92. The molecule has 1 fully saturated rings. The molecule has 1 aromatic heterocycles. The maximum absolute atomic E-state index is 6.45. The summed E-state index contributed by atoms with van der Waals surface area (Å²) in [6, 6.07) is 21.2. The van der Waals surface area contributed by atoms with Gasteiger partial charge in [-0.1, -0.05) is 60.7 Å². The van der Waals surface area contributed by atoms with Crippen LogP contribution in [0.2, 0.25) is 0 Å². The first-order chi connectivity index (χ1) is 12.2. The van der Waals surface area contributed by atoms with E-state index in [1.54, 1.807) is 0 Å². The van der Waals surface area contributed by atoms with Crippen LogP contribution in [0, 0.1) is 0 Å². The van der Waals surface area contributed by atoms with E-state index >= 15 is 0 Å². The third-order valence-corrected chi connectivity index (χ3v) is 5.01. The SMILES string of the molecule is Cl.Cn1cc(CN2C[C@@H](N)[C@H](c3ccccc3)C2)c(-c2ccccc2)n1. The zero-order valence-corrected chi connectivity index (χ0v) is 15.8. The van der Waals surface area contributed by atoms with Gasteiger partial charge >= 0.3 is 0 Å². The van der Waals surface area contributed by atoms with Gasteiger partial charge in [0, 0.05) is 56.0 Å². The zero-order chi connectivity index (χ0) is 17.2. The topological polar surface area (TPSA) is 47.1 Å². The lowest BCUT2D eigenvalue weighted by Gasteiger charge is -2.16. The van der Waals surface area contributed by atoms with Crippen LogP contribution in [0.1, 0.15) is 17.0 Å². The van der Waals surface area contributed by atoms with Crippen LogP contribution in [0.3, 0.4) is 0 Å². The molecule has 0 amide bonds. The summed E-state index contributed by atoms with van der Waals surface area (Å²) in [6.07, 6.45) is 2.13. The molecule has 2 atom stereocenters. The van der Waals surface area contributed by atoms with Gasteiger partial charge < -0.3 is 5.73 Å². The lowest BCUT2D eigenvalue weighted by molar-refractivity contribution is 0.324. The van der Waals surface area contributed by atoms with E-state index in [-0.39, 0.29) is 18.4 Å². The van der Waals surface area contributed by atoms with E-state index in [9.17, 15) is 0 Å². The van der Waals surface area contributed by atoms with Crippen molar-refractivity contribution in [1.29, 1.82) is 0 Å². The van der Waals surface area contributed by atoms with Crippen LogP contribution >= 0.6 is 12.4 Å². The molecule has 2 N–H and O–H groups in total. The first-order valence-electron chi connectivity index (χ1n) is 8.81. The fourth-order valence-electron chi connectivity index (χ4n) is 3.83. The highest BCUT2D eigenvalue weighted by Crippen LogP contribution is 2.29. The second kappa shape index (κ2) is 8.04. The molecule has 4 rings (SSSR count). The molecular formula is C21H25ClN4. The summed E-state index contributed by atoms with van der Waals surface area (Å²) < 4.78 is 1.91. The van der Waals surface area contributed by atoms with E-state index in [0.717, 1.165) is 25.3 Å². The molecule has 0 aliphatic carbocycles. The Labute approximate surface area is 161 Å². The minimum atomic E-state index is 0. The first-order valence-corrected chi connectivity index (χ1v) is 8.81.